The Balaban J connectivity index is 3.01. The molecule has 1 rings (SSSR count). The Morgan fingerprint density at radius 1 is 1.60 bits per heavy atom. The molecular formula is C10H14BrN3O. The lowest BCUT2D eigenvalue weighted by molar-refractivity contribution is 0.100. The molecule has 1 unspecified atom stereocenters. The van der Waals surface area contributed by atoms with Gasteiger partial charge in [0.05, 0.1) is 5.56 Å². The maximum atomic E-state index is 11.2. The molecule has 5 N–H and O–H groups in total. The first kappa shape index (κ1) is 12.0. The van der Waals surface area contributed by atoms with Gasteiger partial charge in [-0.25, -0.2) is 0 Å². The van der Waals surface area contributed by atoms with E-state index < -0.39 is 5.91 Å². The molecule has 0 saturated carbocycles. The Morgan fingerprint density at radius 3 is 2.80 bits per heavy atom. The van der Waals surface area contributed by atoms with Crippen LogP contribution in [0.3, 0.4) is 0 Å². The molecule has 82 valence electrons. The lowest BCUT2D eigenvalue weighted by Crippen LogP contribution is -2.26. The zero-order valence-electron chi connectivity index (χ0n) is 8.46. The molecule has 15 heavy (non-hydrogen) atoms. The maximum Gasteiger partial charge on any atom is 0.250 e. The monoisotopic (exact) mass is 271 g/mol. The van der Waals surface area contributed by atoms with Gasteiger partial charge in [0, 0.05) is 22.7 Å². The van der Waals surface area contributed by atoms with E-state index in [9.17, 15) is 4.79 Å². The third-order valence-electron chi connectivity index (χ3n) is 2.00. The third-order valence-corrected chi connectivity index (χ3v) is 2.50. The van der Waals surface area contributed by atoms with E-state index in [2.05, 4.69) is 21.2 Å². The predicted molar refractivity (Wildman–Crippen MR) is 64.8 cm³/mol. The average molecular weight is 272 g/mol. The highest BCUT2D eigenvalue weighted by Crippen LogP contribution is 2.21. The summed E-state index contributed by atoms with van der Waals surface area (Å²) in [6.07, 6.45) is 0. The number of hydrogen-bond donors (Lipinski definition) is 3. The van der Waals surface area contributed by atoms with Gasteiger partial charge in [0.1, 0.15) is 0 Å². The zero-order chi connectivity index (χ0) is 11.4. The van der Waals surface area contributed by atoms with Crippen LogP contribution in [0.2, 0.25) is 0 Å². The number of benzene rings is 1. The molecule has 0 aliphatic rings. The van der Waals surface area contributed by atoms with Crippen molar-refractivity contribution in [1.29, 1.82) is 0 Å². The summed E-state index contributed by atoms with van der Waals surface area (Å²) >= 11 is 3.29. The molecule has 0 aromatic heterocycles. The fourth-order valence-corrected chi connectivity index (χ4v) is 1.53. The third kappa shape index (κ3) is 3.21. The molecule has 1 atom stereocenters. The van der Waals surface area contributed by atoms with Crippen molar-refractivity contribution >= 4 is 27.5 Å². The Bertz CT molecular complexity index is 368. The Morgan fingerprint density at radius 2 is 2.27 bits per heavy atom. The number of carbonyl (C=O) groups excluding carboxylic acids is 1. The van der Waals surface area contributed by atoms with Crippen molar-refractivity contribution in [2.45, 2.75) is 13.0 Å². The molecule has 4 nitrogen and oxygen atoms in total. The normalized spacial score (nSPS) is 12.2. The van der Waals surface area contributed by atoms with Crippen LogP contribution in [0.15, 0.2) is 22.7 Å². The number of halogens is 1. The van der Waals surface area contributed by atoms with E-state index in [-0.39, 0.29) is 6.04 Å². The van der Waals surface area contributed by atoms with Crippen LogP contribution >= 0.6 is 15.9 Å². The first-order chi connectivity index (χ1) is 7.04. The van der Waals surface area contributed by atoms with Crippen LogP contribution in [0.1, 0.15) is 17.3 Å². The van der Waals surface area contributed by atoms with Crippen LogP contribution in [0, 0.1) is 0 Å². The van der Waals surface area contributed by atoms with E-state index in [1.54, 1.807) is 12.1 Å². The first-order valence-electron chi connectivity index (χ1n) is 4.60. The van der Waals surface area contributed by atoms with Gasteiger partial charge in [-0.05, 0) is 25.1 Å². The van der Waals surface area contributed by atoms with E-state index >= 15 is 0 Å². The number of nitrogens with one attached hydrogen (secondary N) is 1. The second kappa shape index (κ2) is 5.14. The summed E-state index contributed by atoms with van der Waals surface area (Å²) < 4.78 is 0.822. The molecule has 0 aliphatic heterocycles. The molecule has 5 heteroatoms. The van der Waals surface area contributed by atoms with Gasteiger partial charge in [-0.1, -0.05) is 15.9 Å². The standard InChI is InChI=1S/C10H14BrN3O/c1-6(5-12)14-9-3-2-7(11)4-8(9)10(13)15/h2-4,6,14H,5,12H2,1H3,(H2,13,15). The highest BCUT2D eigenvalue weighted by Gasteiger charge is 2.10. The summed E-state index contributed by atoms with van der Waals surface area (Å²) in [5.41, 5.74) is 11.9. The molecule has 0 bridgehead atoms. The van der Waals surface area contributed by atoms with Gasteiger partial charge in [0.2, 0.25) is 0 Å². The van der Waals surface area contributed by atoms with E-state index in [1.165, 1.54) is 0 Å². The minimum absolute atomic E-state index is 0.101. The largest absolute Gasteiger partial charge is 0.381 e. The van der Waals surface area contributed by atoms with Gasteiger partial charge in [-0.3, -0.25) is 4.79 Å². The van der Waals surface area contributed by atoms with Crippen LogP contribution in [0.4, 0.5) is 5.69 Å². The van der Waals surface area contributed by atoms with Crippen LogP contribution in [-0.4, -0.2) is 18.5 Å². The fraction of sp³-hybridized carbons (Fsp3) is 0.300. The molecule has 0 spiro atoms. The van der Waals surface area contributed by atoms with Crippen LogP contribution < -0.4 is 16.8 Å². The van der Waals surface area contributed by atoms with Gasteiger partial charge in [0.15, 0.2) is 0 Å². The zero-order valence-corrected chi connectivity index (χ0v) is 10.0. The first-order valence-corrected chi connectivity index (χ1v) is 5.40. The summed E-state index contributed by atoms with van der Waals surface area (Å²) in [6, 6.07) is 5.44. The summed E-state index contributed by atoms with van der Waals surface area (Å²) in [5.74, 6) is -0.456. The van der Waals surface area contributed by atoms with Crippen molar-refractivity contribution in [3.05, 3.63) is 28.2 Å². The smallest absolute Gasteiger partial charge is 0.250 e. The number of anilines is 1. The van der Waals surface area contributed by atoms with Crippen molar-refractivity contribution in [2.24, 2.45) is 11.5 Å². The number of hydrogen-bond acceptors (Lipinski definition) is 3. The van der Waals surface area contributed by atoms with Crippen LogP contribution in [0.25, 0.3) is 0 Å². The number of rotatable bonds is 4. The average Bonchev–Trinajstić information content (AvgIpc) is 2.20. The van der Waals surface area contributed by atoms with Crippen molar-refractivity contribution in [1.82, 2.24) is 0 Å². The van der Waals surface area contributed by atoms with E-state index in [4.69, 9.17) is 11.5 Å². The molecule has 0 saturated heterocycles. The number of primary amides is 1. The topological polar surface area (TPSA) is 81.1 Å². The predicted octanol–water partition coefficient (Wildman–Crippen LogP) is 1.31. The second-order valence-corrected chi connectivity index (χ2v) is 4.25. The van der Waals surface area contributed by atoms with Crippen LogP contribution in [-0.2, 0) is 0 Å². The maximum absolute atomic E-state index is 11.2. The van der Waals surface area contributed by atoms with E-state index in [0.29, 0.717) is 17.8 Å². The van der Waals surface area contributed by atoms with Crippen molar-refractivity contribution in [2.75, 3.05) is 11.9 Å². The summed E-state index contributed by atoms with van der Waals surface area (Å²) in [6.45, 7) is 2.43. The quantitative estimate of drug-likeness (QED) is 0.772. The molecule has 0 aliphatic carbocycles. The lowest BCUT2D eigenvalue weighted by Gasteiger charge is -2.15. The molecule has 1 aromatic carbocycles. The second-order valence-electron chi connectivity index (χ2n) is 3.34. The fourth-order valence-electron chi connectivity index (χ4n) is 1.17. The van der Waals surface area contributed by atoms with Crippen molar-refractivity contribution in [3.8, 4) is 0 Å². The number of nitrogens with two attached hydrogens (primary N) is 2. The van der Waals surface area contributed by atoms with Gasteiger partial charge < -0.3 is 16.8 Å². The Labute approximate surface area is 97.1 Å². The Hall–Kier alpha value is -1.07. The lowest BCUT2D eigenvalue weighted by atomic mass is 10.1. The summed E-state index contributed by atoms with van der Waals surface area (Å²) in [5, 5.41) is 3.12. The SMILES string of the molecule is CC(CN)Nc1ccc(Br)cc1C(N)=O. The molecule has 1 amide bonds. The minimum Gasteiger partial charge on any atom is -0.381 e. The van der Waals surface area contributed by atoms with E-state index in [1.807, 2.05) is 13.0 Å². The van der Waals surface area contributed by atoms with Gasteiger partial charge in [-0.15, -0.1) is 0 Å². The summed E-state index contributed by atoms with van der Waals surface area (Å²) in [7, 11) is 0. The molecule has 0 fully saturated rings. The van der Waals surface area contributed by atoms with Gasteiger partial charge in [-0.2, -0.15) is 0 Å². The molecular weight excluding hydrogens is 258 g/mol. The van der Waals surface area contributed by atoms with E-state index in [0.717, 1.165) is 4.47 Å². The minimum atomic E-state index is -0.456. The van der Waals surface area contributed by atoms with Crippen molar-refractivity contribution < 1.29 is 4.79 Å². The van der Waals surface area contributed by atoms with Crippen LogP contribution in [0.5, 0.6) is 0 Å². The van der Waals surface area contributed by atoms with Gasteiger partial charge in [0.25, 0.3) is 5.91 Å². The Kier molecular flexibility index (Phi) is 4.11. The van der Waals surface area contributed by atoms with Gasteiger partial charge >= 0.3 is 0 Å². The molecule has 0 heterocycles. The molecule has 1 aromatic rings. The van der Waals surface area contributed by atoms with Crippen molar-refractivity contribution in [3.63, 3.8) is 0 Å². The number of carbonyl (C=O) groups is 1. The highest BCUT2D eigenvalue weighted by atomic mass is 79.9. The summed E-state index contributed by atoms with van der Waals surface area (Å²) in [4.78, 5) is 11.2. The molecule has 0 radical (unpaired) electrons. The highest BCUT2D eigenvalue weighted by molar-refractivity contribution is 9.10. The number of amides is 1.